The van der Waals surface area contributed by atoms with E-state index in [1.165, 1.54) is 0 Å². The van der Waals surface area contributed by atoms with Crippen LogP contribution in [0.15, 0.2) is 72.8 Å². The average Bonchev–Trinajstić information content (AvgIpc) is 3.22. The van der Waals surface area contributed by atoms with Crippen molar-refractivity contribution >= 4 is 22.8 Å². The van der Waals surface area contributed by atoms with Crippen LogP contribution in [0.1, 0.15) is 32.0 Å². The number of nitrogens with one attached hydrogen (secondary N) is 2. The van der Waals surface area contributed by atoms with E-state index >= 15 is 0 Å². The third-order valence-electron chi connectivity index (χ3n) is 5.46. The number of halogens is 3. The highest BCUT2D eigenvalue weighted by atomic mass is 19.4. The van der Waals surface area contributed by atoms with Crippen molar-refractivity contribution < 1.29 is 18.0 Å². The first kappa shape index (κ1) is 23.4. The van der Waals surface area contributed by atoms with E-state index in [-0.39, 0.29) is 11.5 Å². The molecule has 2 amide bonds. The molecule has 8 heteroatoms. The second-order valence-corrected chi connectivity index (χ2v) is 7.97. The molecule has 0 unspecified atom stereocenters. The number of imidazole rings is 1. The Morgan fingerprint density at radius 2 is 1.65 bits per heavy atom. The lowest BCUT2D eigenvalue weighted by Crippen LogP contribution is -2.29. The Morgan fingerprint density at radius 3 is 2.32 bits per heavy atom. The number of urea groups is 1. The molecule has 176 valence electrons. The van der Waals surface area contributed by atoms with Gasteiger partial charge in [-0.05, 0) is 53.9 Å². The van der Waals surface area contributed by atoms with Gasteiger partial charge in [-0.3, -0.25) is 4.57 Å². The van der Waals surface area contributed by atoms with Crippen LogP contribution >= 0.6 is 0 Å². The monoisotopic (exact) mass is 466 g/mol. The maximum atomic E-state index is 13.7. The molecule has 4 aromatic rings. The molecular formula is C26H25F3N4O. The van der Waals surface area contributed by atoms with Gasteiger partial charge >= 0.3 is 12.2 Å². The van der Waals surface area contributed by atoms with Crippen molar-refractivity contribution in [2.24, 2.45) is 0 Å². The third kappa shape index (κ3) is 5.22. The van der Waals surface area contributed by atoms with Gasteiger partial charge in [0.25, 0.3) is 0 Å². The summed E-state index contributed by atoms with van der Waals surface area (Å²) < 4.78 is 42.3. The van der Waals surface area contributed by atoms with Gasteiger partial charge in [0.05, 0.1) is 11.0 Å². The van der Waals surface area contributed by atoms with Crippen LogP contribution in [-0.4, -0.2) is 22.1 Å². The minimum absolute atomic E-state index is 0.252. The smallest absolute Gasteiger partial charge is 0.338 e. The topological polar surface area (TPSA) is 59.0 Å². The Hall–Kier alpha value is -3.81. The predicted octanol–water partition coefficient (Wildman–Crippen LogP) is 7.02. The molecule has 1 heterocycles. The molecule has 4 rings (SSSR count). The van der Waals surface area contributed by atoms with Gasteiger partial charge in [-0.15, -0.1) is 0 Å². The van der Waals surface area contributed by atoms with E-state index < -0.39 is 12.0 Å². The number of nitrogens with zero attached hydrogens (tertiary/aromatic N) is 2. The van der Waals surface area contributed by atoms with E-state index in [0.29, 0.717) is 23.4 Å². The largest absolute Gasteiger partial charge is 0.450 e. The Morgan fingerprint density at radius 1 is 0.941 bits per heavy atom. The van der Waals surface area contributed by atoms with Crippen LogP contribution in [0, 0.1) is 0 Å². The molecule has 5 nitrogen and oxygen atoms in total. The Bertz CT molecular complexity index is 1270. The number of rotatable bonds is 7. The summed E-state index contributed by atoms with van der Waals surface area (Å²) in [5, 5.41) is 5.60. The molecule has 0 bridgehead atoms. The van der Waals surface area contributed by atoms with E-state index in [2.05, 4.69) is 22.5 Å². The number of alkyl halides is 3. The average molecular weight is 467 g/mol. The molecule has 0 fully saturated rings. The maximum Gasteiger partial charge on any atom is 0.450 e. The molecule has 0 atom stereocenters. The normalized spacial score (nSPS) is 11.5. The maximum absolute atomic E-state index is 13.7. The molecular weight excluding hydrogens is 441 g/mol. The summed E-state index contributed by atoms with van der Waals surface area (Å²) in [6, 6.07) is 20.3. The summed E-state index contributed by atoms with van der Waals surface area (Å²) in [6.45, 7) is 2.72. The van der Waals surface area contributed by atoms with E-state index in [1.54, 1.807) is 60.7 Å². The lowest BCUT2D eigenvalue weighted by atomic mass is 10.0. The van der Waals surface area contributed by atoms with Gasteiger partial charge in [-0.25, -0.2) is 9.78 Å². The molecule has 0 saturated carbocycles. The first-order valence-electron chi connectivity index (χ1n) is 11.2. The van der Waals surface area contributed by atoms with Crippen molar-refractivity contribution in [3.8, 4) is 16.8 Å². The van der Waals surface area contributed by atoms with E-state index in [1.807, 2.05) is 12.1 Å². The van der Waals surface area contributed by atoms with Crippen LogP contribution in [0.25, 0.3) is 27.8 Å². The number of benzene rings is 3. The summed E-state index contributed by atoms with van der Waals surface area (Å²) in [5.41, 5.74) is 3.19. The summed E-state index contributed by atoms with van der Waals surface area (Å²) in [6.07, 6.45) is -1.52. The van der Waals surface area contributed by atoms with E-state index in [0.717, 1.165) is 35.0 Å². The number of para-hydroxylation sites is 1. The van der Waals surface area contributed by atoms with E-state index in [9.17, 15) is 18.0 Å². The molecule has 0 saturated heterocycles. The van der Waals surface area contributed by atoms with Gasteiger partial charge in [0.1, 0.15) is 0 Å². The standard InChI is InChI=1S/C26H25F3N4O/c1-2-3-7-16-30-25(34)31-20-13-10-18(11-14-20)19-12-15-23-22(17-19)32-24(26(27,28)29)33(23)21-8-5-4-6-9-21/h4-6,8-15,17H,2-3,7,16H2,1H3,(H2,30,31,34). The van der Waals surface area contributed by atoms with Gasteiger partial charge in [0, 0.05) is 17.9 Å². The summed E-state index contributed by atoms with van der Waals surface area (Å²) >= 11 is 0. The summed E-state index contributed by atoms with van der Waals surface area (Å²) in [4.78, 5) is 15.9. The zero-order chi connectivity index (χ0) is 24.1. The summed E-state index contributed by atoms with van der Waals surface area (Å²) in [5.74, 6) is -0.963. The van der Waals surface area contributed by atoms with Gasteiger partial charge in [-0.1, -0.05) is 56.2 Å². The van der Waals surface area contributed by atoms with Crippen molar-refractivity contribution in [1.82, 2.24) is 14.9 Å². The fraction of sp³-hybridized carbons (Fsp3) is 0.231. The zero-order valence-corrected chi connectivity index (χ0v) is 18.7. The van der Waals surface area contributed by atoms with Crippen molar-refractivity contribution in [2.45, 2.75) is 32.4 Å². The van der Waals surface area contributed by atoms with Crippen LogP contribution in [0.4, 0.5) is 23.7 Å². The quantitative estimate of drug-likeness (QED) is 0.288. The molecule has 0 aliphatic carbocycles. The first-order valence-corrected chi connectivity index (χ1v) is 11.2. The Kier molecular flexibility index (Phi) is 6.86. The molecule has 0 aliphatic heterocycles. The first-order chi connectivity index (χ1) is 16.4. The number of amides is 2. The highest BCUT2D eigenvalue weighted by Gasteiger charge is 2.38. The number of hydrogen-bond donors (Lipinski definition) is 2. The fourth-order valence-corrected chi connectivity index (χ4v) is 3.79. The second-order valence-electron chi connectivity index (χ2n) is 7.97. The van der Waals surface area contributed by atoms with Crippen LogP contribution < -0.4 is 10.6 Å². The van der Waals surface area contributed by atoms with Crippen LogP contribution in [0.2, 0.25) is 0 Å². The van der Waals surface area contributed by atoms with Crippen LogP contribution in [0.3, 0.4) is 0 Å². The third-order valence-corrected chi connectivity index (χ3v) is 5.46. The lowest BCUT2D eigenvalue weighted by molar-refractivity contribution is -0.145. The van der Waals surface area contributed by atoms with Gasteiger partial charge < -0.3 is 10.6 Å². The molecule has 0 radical (unpaired) electrons. The predicted molar refractivity (Wildman–Crippen MR) is 128 cm³/mol. The molecule has 3 aromatic carbocycles. The van der Waals surface area contributed by atoms with E-state index in [4.69, 9.17) is 0 Å². The highest BCUT2D eigenvalue weighted by molar-refractivity contribution is 5.90. The van der Waals surface area contributed by atoms with Crippen molar-refractivity contribution in [1.29, 1.82) is 0 Å². The van der Waals surface area contributed by atoms with Crippen molar-refractivity contribution in [3.63, 3.8) is 0 Å². The lowest BCUT2D eigenvalue weighted by Gasteiger charge is -2.11. The number of hydrogen-bond acceptors (Lipinski definition) is 2. The highest BCUT2D eigenvalue weighted by Crippen LogP contribution is 2.35. The minimum Gasteiger partial charge on any atom is -0.338 e. The zero-order valence-electron chi connectivity index (χ0n) is 18.7. The summed E-state index contributed by atoms with van der Waals surface area (Å²) in [7, 11) is 0. The van der Waals surface area contributed by atoms with Gasteiger partial charge in [-0.2, -0.15) is 13.2 Å². The molecule has 0 aliphatic rings. The van der Waals surface area contributed by atoms with Gasteiger partial charge in [0.15, 0.2) is 0 Å². The van der Waals surface area contributed by atoms with Crippen molar-refractivity contribution in [2.75, 3.05) is 11.9 Å². The van der Waals surface area contributed by atoms with Crippen LogP contribution in [0.5, 0.6) is 0 Å². The molecule has 0 spiro atoms. The van der Waals surface area contributed by atoms with Gasteiger partial charge in [0.2, 0.25) is 5.82 Å². The van der Waals surface area contributed by atoms with Crippen molar-refractivity contribution in [3.05, 3.63) is 78.6 Å². The Labute approximate surface area is 195 Å². The molecule has 34 heavy (non-hydrogen) atoms. The number of fused-ring (bicyclic) bond motifs is 1. The number of unbranched alkanes of at least 4 members (excludes halogenated alkanes) is 2. The molecule has 1 aromatic heterocycles. The number of carbonyl (C=O) groups is 1. The fourth-order valence-electron chi connectivity index (χ4n) is 3.79. The Balaban J connectivity index is 1.58. The number of carbonyl (C=O) groups excluding carboxylic acids is 1. The minimum atomic E-state index is -4.60. The second kappa shape index (κ2) is 9.99. The van der Waals surface area contributed by atoms with Crippen LogP contribution in [-0.2, 0) is 6.18 Å². The number of anilines is 1. The molecule has 2 N–H and O–H groups in total. The number of aromatic nitrogens is 2. The SMILES string of the molecule is CCCCCNC(=O)Nc1ccc(-c2ccc3c(c2)nc(C(F)(F)F)n3-c2ccccc2)cc1.